The molecule has 92 valence electrons. The Bertz CT molecular complexity index is 434. The molecule has 17 heavy (non-hydrogen) atoms. The van der Waals surface area contributed by atoms with Gasteiger partial charge in [0.15, 0.2) is 0 Å². The number of carboxylic acids is 1. The van der Waals surface area contributed by atoms with Crippen LogP contribution in [0.4, 0.5) is 0 Å². The summed E-state index contributed by atoms with van der Waals surface area (Å²) in [5, 5.41) is 8.77. The maximum Gasteiger partial charge on any atom is 0.323 e. The van der Waals surface area contributed by atoms with E-state index in [9.17, 15) is 9.59 Å². The lowest BCUT2D eigenvalue weighted by Crippen LogP contribution is -2.40. The van der Waals surface area contributed by atoms with Gasteiger partial charge in [0, 0.05) is 17.8 Å². The minimum Gasteiger partial charge on any atom is -0.480 e. The van der Waals surface area contributed by atoms with Gasteiger partial charge in [0.1, 0.15) is 11.1 Å². The van der Waals surface area contributed by atoms with E-state index in [0.717, 1.165) is 0 Å². The standard InChI is InChI=1S/C11H13BrN2O3/c1-7(2)14(6-10(15)16)11(17)8-3-4-13-9(12)5-8/h3-5,7H,6H2,1-2H3,(H,15,16). The Hall–Kier alpha value is -1.43. The molecule has 1 amide bonds. The molecule has 1 aromatic rings. The van der Waals surface area contributed by atoms with Gasteiger partial charge < -0.3 is 10.0 Å². The summed E-state index contributed by atoms with van der Waals surface area (Å²) in [5.74, 6) is -1.34. The highest BCUT2D eigenvalue weighted by molar-refractivity contribution is 9.10. The molecule has 0 atom stereocenters. The average Bonchev–Trinajstić information content (AvgIpc) is 2.24. The van der Waals surface area contributed by atoms with Gasteiger partial charge in [-0.15, -0.1) is 0 Å². The minimum atomic E-state index is -1.03. The van der Waals surface area contributed by atoms with Crippen molar-refractivity contribution in [2.75, 3.05) is 6.54 Å². The van der Waals surface area contributed by atoms with Gasteiger partial charge in [-0.1, -0.05) is 0 Å². The highest BCUT2D eigenvalue weighted by Crippen LogP contribution is 2.12. The number of carbonyl (C=O) groups excluding carboxylic acids is 1. The number of aliphatic carboxylic acids is 1. The SMILES string of the molecule is CC(C)N(CC(=O)O)C(=O)c1ccnc(Br)c1. The predicted octanol–water partition coefficient (Wildman–Crippen LogP) is 1.78. The van der Waals surface area contributed by atoms with Crippen LogP contribution in [0.15, 0.2) is 22.9 Å². The maximum absolute atomic E-state index is 12.1. The molecule has 5 nitrogen and oxygen atoms in total. The van der Waals surface area contributed by atoms with E-state index in [2.05, 4.69) is 20.9 Å². The Labute approximate surface area is 108 Å². The Kier molecular flexibility index (Phi) is 4.62. The summed E-state index contributed by atoms with van der Waals surface area (Å²) in [6.07, 6.45) is 1.50. The fraction of sp³-hybridized carbons (Fsp3) is 0.364. The van der Waals surface area contributed by atoms with Crippen molar-refractivity contribution in [1.29, 1.82) is 0 Å². The number of aromatic nitrogens is 1. The van der Waals surface area contributed by atoms with Gasteiger partial charge in [-0.25, -0.2) is 4.98 Å². The van der Waals surface area contributed by atoms with E-state index in [1.807, 2.05) is 0 Å². The van der Waals surface area contributed by atoms with Crippen LogP contribution in [0.25, 0.3) is 0 Å². The molecule has 1 rings (SSSR count). The third-order valence-electron chi connectivity index (χ3n) is 2.16. The second kappa shape index (κ2) is 5.77. The minimum absolute atomic E-state index is 0.175. The van der Waals surface area contributed by atoms with Crippen molar-refractivity contribution in [3.63, 3.8) is 0 Å². The summed E-state index contributed by atoms with van der Waals surface area (Å²) >= 11 is 3.17. The molecule has 0 saturated heterocycles. The summed E-state index contributed by atoms with van der Waals surface area (Å²) in [4.78, 5) is 28.0. The van der Waals surface area contributed by atoms with Gasteiger partial charge >= 0.3 is 5.97 Å². The Morgan fingerprint density at radius 1 is 1.53 bits per heavy atom. The first-order valence-corrected chi connectivity index (χ1v) is 5.85. The molecule has 1 N–H and O–H groups in total. The zero-order valence-electron chi connectivity index (χ0n) is 9.55. The molecule has 0 unspecified atom stereocenters. The second-order valence-electron chi connectivity index (χ2n) is 3.79. The van der Waals surface area contributed by atoms with E-state index in [0.29, 0.717) is 10.2 Å². The zero-order chi connectivity index (χ0) is 13.0. The van der Waals surface area contributed by atoms with Crippen molar-refractivity contribution in [2.45, 2.75) is 19.9 Å². The van der Waals surface area contributed by atoms with Crippen LogP contribution in [0.5, 0.6) is 0 Å². The average molecular weight is 301 g/mol. The molecule has 6 heteroatoms. The van der Waals surface area contributed by atoms with Crippen LogP contribution >= 0.6 is 15.9 Å². The van der Waals surface area contributed by atoms with Gasteiger partial charge in [0.25, 0.3) is 5.91 Å². The van der Waals surface area contributed by atoms with Gasteiger partial charge in [-0.3, -0.25) is 9.59 Å². The van der Waals surface area contributed by atoms with E-state index in [-0.39, 0.29) is 18.5 Å². The molecule has 0 aliphatic heterocycles. The molecule has 0 aromatic carbocycles. The summed E-state index contributed by atoms with van der Waals surface area (Å²) < 4.78 is 0.544. The second-order valence-corrected chi connectivity index (χ2v) is 4.60. The number of hydrogen-bond acceptors (Lipinski definition) is 3. The fourth-order valence-corrected chi connectivity index (χ4v) is 1.70. The molecule has 0 fully saturated rings. The first-order valence-electron chi connectivity index (χ1n) is 5.06. The van der Waals surface area contributed by atoms with Crippen molar-refractivity contribution in [1.82, 2.24) is 9.88 Å². The number of rotatable bonds is 4. The Morgan fingerprint density at radius 3 is 2.65 bits per heavy atom. The molecule has 0 spiro atoms. The molecule has 0 aliphatic carbocycles. The molecular weight excluding hydrogens is 288 g/mol. The molecule has 0 saturated carbocycles. The first kappa shape index (κ1) is 13.6. The van der Waals surface area contributed by atoms with Gasteiger partial charge in [-0.2, -0.15) is 0 Å². The van der Waals surface area contributed by atoms with Crippen molar-refractivity contribution in [2.24, 2.45) is 0 Å². The van der Waals surface area contributed by atoms with E-state index < -0.39 is 5.97 Å². The number of amides is 1. The van der Waals surface area contributed by atoms with Gasteiger partial charge in [0.2, 0.25) is 0 Å². The van der Waals surface area contributed by atoms with E-state index in [1.165, 1.54) is 11.1 Å². The van der Waals surface area contributed by atoms with Crippen molar-refractivity contribution < 1.29 is 14.7 Å². The van der Waals surface area contributed by atoms with Crippen molar-refractivity contribution >= 4 is 27.8 Å². The van der Waals surface area contributed by atoms with E-state index in [1.54, 1.807) is 26.0 Å². The third kappa shape index (κ3) is 3.81. The van der Waals surface area contributed by atoms with E-state index in [4.69, 9.17) is 5.11 Å². The smallest absolute Gasteiger partial charge is 0.323 e. The van der Waals surface area contributed by atoms with Crippen LogP contribution in [0.3, 0.4) is 0 Å². The van der Waals surface area contributed by atoms with Crippen LogP contribution in [0, 0.1) is 0 Å². The summed E-state index contributed by atoms with van der Waals surface area (Å²) in [6, 6.07) is 2.95. The lowest BCUT2D eigenvalue weighted by Gasteiger charge is -2.24. The summed E-state index contributed by atoms with van der Waals surface area (Å²) in [5.41, 5.74) is 0.418. The maximum atomic E-state index is 12.1. The Morgan fingerprint density at radius 2 is 2.18 bits per heavy atom. The highest BCUT2D eigenvalue weighted by Gasteiger charge is 2.21. The van der Waals surface area contributed by atoms with Crippen LogP contribution < -0.4 is 0 Å². The third-order valence-corrected chi connectivity index (χ3v) is 2.60. The van der Waals surface area contributed by atoms with Crippen molar-refractivity contribution in [3.05, 3.63) is 28.5 Å². The largest absolute Gasteiger partial charge is 0.480 e. The number of carboxylic acid groups (broad SMARTS) is 1. The van der Waals surface area contributed by atoms with Crippen LogP contribution in [-0.2, 0) is 4.79 Å². The van der Waals surface area contributed by atoms with Gasteiger partial charge in [0.05, 0.1) is 0 Å². The van der Waals surface area contributed by atoms with Crippen LogP contribution in [-0.4, -0.2) is 39.5 Å². The number of hydrogen-bond donors (Lipinski definition) is 1. The number of pyridine rings is 1. The molecule has 0 bridgehead atoms. The number of nitrogens with zero attached hydrogens (tertiary/aromatic N) is 2. The highest BCUT2D eigenvalue weighted by atomic mass is 79.9. The molecular formula is C11H13BrN2O3. The quantitative estimate of drug-likeness (QED) is 0.861. The molecule has 0 aliphatic rings. The van der Waals surface area contributed by atoms with E-state index >= 15 is 0 Å². The van der Waals surface area contributed by atoms with Crippen molar-refractivity contribution in [3.8, 4) is 0 Å². The Balaban J connectivity index is 2.95. The monoisotopic (exact) mass is 300 g/mol. The normalized spacial score (nSPS) is 10.4. The molecule has 1 aromatic heterocycles. The molecule has 1 heterocycles. The lowest BCUT2D eigenvalue weighted by molar-refractivity contribution is -0.138. The lowest BCUT2D eigenvalue weighted by atomic mass is 10.2. The van der Waals surface area contributed by atoms with Crippen LogP contribution in [0.1, 0.15) is 24.2 Å². The number of carbonyl (C=O) groups is 2. The zero-order valence-corrected chi connectivity index (χ0v) is 11.1. The predicted molar refractivity (Wildman–Crippen MR) is 65.7 cm³/mol. The van der Waals surface area contributed by atoms with Gasteiger partial charge in [-0.05, 0) is 41.9 Å². The van der Waals surface area contributed by atoms with Crippen LogP contribution in [0.2, 0.25) is 0 Å². The topological polar surface area (TPSA) is 70.5 Å². The first-order chi connectivity index (χ1) is 7.91. The summed E-state index contributed by atoms with van der Waals surface area (Å²) in [7, 11) is 0. The molecule has 0 radical (unpaired) electrons. The summed E-state index contributed by atoms with van der Waals surface area (Å²) in [6.45, 7) is 3.24. The number of halogens is 1. The fourth-order valence-electron chi connectivity index (χ4n) is 1.34.